The second-order valence-corrected chi connectivity index (χ2v) is 8.78. The summed E-state index contributed by atoms with van der Waals surface area (Å²) in [5.41, 5.74) is 2.21. The highest BCUT2D eigenvalue weighted by atomic mass is 32.2. The van der Waals surface area contributed by atoms with E-state index in [1.54, 1.807) is 0 Å². The number of rotatable bonds is 5. The zero-order valence-corrected chi connectivity index (χ0v) is 16.5. The van der Waals surface area contributed by atoms with E-state index < -0.39 is 0 Å². The Bertz CT molecular complexity index is 706. The summed E-state index contributed by atoms with van der Waals surface area (Å²) in [5.74, 6) is 0.626. The van der Waals surface area contributed by atoms with E-state index in [0.717, 1.165) is 28.0 Å². The number of amides is 1. The topological polar surface area (TPSA) is 58.1 Å². The predicted octanol–water partition coefficient (Wildman–Crippen LogP) is 4.47. The summed E-state index contributed by atoms with van der Waals surface area (Å²) in [6, 6.07) is 8.82. The third-order valence-corrected chi connectivity index (χ3v) is 6.47. The van der Waals surface area contributed by atoms with Gasteiger partial charge in [0.05, 0.1) is 5.75 Å². The normalized spacial score (nSPS) is 20.5. The Kier molecular flexibility index (Phi) is 5.96. The van der Waals surface area contributed by atoms with Crippen LogP contribution in [-0.4, -0.2) is 38.8 Å². The van der Waals surface area contributed by atoms with Gasteiger partial charge in [0.1, 0.15) is 0 Å². The van der Waals surface area contributed by atoms with Gasteiger partial charge in [-0.3, -0.25) is 4.79 Å². The number of carbonyl (C=O) groups is 1. The summed E-state index contributed by atoms with van der Waals surface area (Å²) in [5, 5.41) is 12.4. The van der Waals surface area contributed by atoms with Crippen molar-refractivity contribution in [3.8, 4) is 0 Å². The summed E-state index contributed by atoms with van der Waals surface area (Å²) in [6.07, 6.45) is 3.41. The van der Waals surface area contributed by atoms with Gasteiger partial charge in [0, 0.05) is 17.8 Å². The van der Waals surface area contributed by atoms with Gasteiger partial charge >= 0.3 is 0 Å². The molecule has 0 radical (unpaired) electrons. The molecule has 0 aliphatic carbocycles. The maximum Gasteiger partial charge on any atom is 0.233 e. The zero-order valence-electron chi connectivity index (χ0n) is 14.9. The number of aromatic nitrogens is 2. The monoisotopic (exact) mass is 376 g/mol. The number of nitrogens with zero attached hydrogens (tertiary/aromatic N) is 3. The first-order valence-electron chi connectivity index (χ1n) is 8.64. The van der Waals surface area contributed by atoms with Gasteiger partial charge in [0.15, 0.2) is 4.34 Å². The number of aryl methyl sites for hydroxylation is 1. The van der Waals surface area contributed by atoms with Crippen LogP contribution in [0.25, 0.3) is 0 Å². The lowest BCUT2D eigenvalue weighted by atomic mass is 9.98. The average Bonchev–Trinajstić information content (AvgIpc) is 3.02. The number of benzene rings is 1. The van der Waals surface area contributed by atoms with Crippen molar-refractivity contribution in [3.05, 3.63) is 29.8 Å². The molecule has 7 heteroatoms. The van der Waals surface area contributed by atoms with Crippen molar-refractivity contribution in [3.63, 3.8) is 0 Å². The van der Waals surface area contributed by atoms with Crippen molar-refractivity contribution >= 4 is 39.8 Å². The molecule has 0 saturated carbocycles. The number of nitrogens with one attached hydrogen (secondary N) is 1. The molecule has 134 valence electrons. The van der Waals surface area contributed by atoms with Crippen LogP contribution in [0.1, 0.15) is 38.7 Å². The molecule has 1 aromatic heterocycles. The molecule has 0 bridgehead atoms. The van der Waals surface area contributed by atoms with E-state index in [4.69, 9.17) is 0 Å². The van der Waals surface area contributed by atoms with Gasteiger partial charge in [-0.15, -0.1) is 10.2 Å². The number of hydrogen-bond donors (Lipinski definition) is 1. The van der Waals surface area contributed by atoms with E-state index >= 15 is 0 Å². The Morgan fingerprint density at radius 1 is 1.24 bits per heavy atom. The van der Waals surface area contributed by atoms with Crippen molar-refractivity contribution in [2.45, 2.75) is 56.5 Å². The predicted molar refractivity (Wildman–Crippen MR) is 105 cm³/mol. The minimum absolute atomic E-state index is 0.202. The van der Waals surface area contributed by atoms with E-state index in [0.29, 0.717) is 17.8 Å². The third kappa shape index (κ3) is 4.73. The molecule has 2 aromatic rings. The van der Waals surface area contributed by atoms with Gasteiger partial charge in [0.25, 0.3) is 0 Å². The van der Waals surface area contributed by atoms with Crippen LogP contribution in [0.5, 0.6) is 0 Å². The number of anilines is 2. The standard InChI is InChI=1S/C18H24N4OS2/c1-12-7-9-15(10-8-12)19-17-20-21-18(25-17)24-11-16(23)22-13(2)5-4-6-14(22)3/h7-10,13-14H,4-6,11H2,1-3H3,(H,19,20)/t13-,14-/m0/s1. The minimum Gasteiger partial charge on any atom is -0.337 e. The Hall–Kier alpha value is -1.60. The number of hydrogen-bond acceptors (Lipinski definition) is 6. The van der Waals surface area contributed by atoms with Crippen molar-refractivity contribution in [1.29, 1.82) is 0 Å². The van der Waals surface area contributed by atoms with Crippen LogP contribution in [0.4, 0.5) is 10.8 Å². The van der Waals surface area contributed by atoms with Gasteiger partial charge in [0.2, 0.25) is 11.0 Å². The fraction of sp³-hybridized carbons (Fsp3) is 0.500. The molecule has 5 nitrogen and oxygen atoms in total. The maximum absolute atomic E-state index is 12.6. The van der Waals surface area contributed by atoms with Gasteiger partial charge in [-0.2, -0.15) is 0 Å². The lowest BCUT2D eigenvalue weighted by Gasteiger charge is -2.39. The molecule has 25 heavy (non-hydrogen) atoms. The SMILES string of the molecule is Cc1ccc(Nc2nnc(SCC(=O)N3[C@@H](C)CCC[C@@H]3C)s2)cc1. The average molecular weight is 377 g/mol. The zero-order chi connectivity index (χ0) is 17.8. The van der Waals surface area contributed by atoms with E-state index in [2.05, 4.69) is 48.4 Å². The summed E-state index contributed by atoms with van der Waals surface area (Å²) in [7, 11) is 0. The highest BCUT2D eigenvalue weighted by molar-refractivity contribution is 8.01. The largest absolute Gasteiger partial charge is 0.337 e. The smallest absolute Gasteiger partial charge is 0.233 e. The minimum atomic E-state index is 0.202. The Morgan fingerprint density at radius 2 is 1.92 bits per heavy atom. The van der Waals surface area contributed by atoms with Crippen molar-refractivity contribution in [2.24, 2.45) is 0 Å². The lowest BCUT2D eigenvalue weighted by molar-refractivity contribution is -0.134. The van der Waals surface area contributed by atoms with Crippen LogP contribution in [0.2, 0.25) is 0 Å². The van der Waals surface area contributed by atoms with Gasteiger partial charge < -0.3 is 10.2 Å². The summed E-state index contributed by atoms with van der Waals surface area (Å²) in [4.78, 5) is 14.6. The molecule has 1 saturated heterocycles. The molecule has 2 heterocycles. The molecule has 0 unspecified atom stereocenters. The molecular formula is C18H24N4OS2. The van der Waals surface area contributed by atoms with E-state index in [-0.39, 0.29) is 5.91 Å². The van der Waals surface area contributed by atoms with E-state index in [1.807, 2.05) is 17.0 Å². The fourth-order valence-electron chi connectivity index (χ4n) is 3.19. The molecule has 1 fully saturated rings. The highest BCUT2D eigenvalue weighted by Crippen LogP contribution is 2.29. The highest BCUT2D eigenvalue weighted by Gasteiger charge is 2.28. The van der Waals surface area contributed by atoms with Crippen LogP contribution < -0.4 is 5.32 Å². The number of carbonyl (C=O) groups excluding carboxylic acids is 1. The molecule has 1 aliphatic rings. The van der Waals surface area contributed by atoms with Crippen LogP contribution in [0.3, 0.4) is 0 Å². The second-order valence-electron chi connectivity index (χ2n) is 6.58. The van der Waals surface area contributed by atoms with E-state index in [9.17, 15) is 4.79 Å². The molecule has 0 spiro atoms. The molecular weight excluding hydrogens is 352 g/mol. The molecule has 1 aliphatic heterocycles. The maximum atomic E-state index is 12.6. The van der Waals surface area contributed by atoms with Crippen LogP contribution in [0, 0.1) is 6.92 Å². The molecule has 2 atom stereocenters. The Morgan fingerprint density at radius 3 is 2.60 bits per heavy atom. The summed E-state index contributed by atoms with van der Waals surface area (Å²) in [6.45, 7) is 6.35. The van der Waals surface area contributed by atoms with Gasteiger partial charge in [-0.05, 0) is 52.2 Å². The number of likely N-dealkylation sites (tertiary alicyclic amines) is 1. The molecule has 1 N–H and O–H groups in total. The first-order valence-corrected chi connectivity index (χ1v) is 10.4. The molecule has 3 rings (SSSR count). The Labute approximate surface area is 157 Å². The van der Waals surface area contributed by atoms with Crippen LogP contribution in [-0.2, 0) is 4.79 Å². The summed E-state index contributed by atoms with van der Waals surface area (Å²) < 4.78 is 0.820. The first kappa shape index (κ1) is 18.2. The molecule has 1 aromatic carbocycles. The van der Waals surface area contributed by atoms with Crippen molar-refractivity contribution in [2.75, 3.05) is 11.1 Å². The summed E-state index contributed by atoms with van der Waals surface area (Å²) >= 11 is 2.95. The molecule has 1 amide bonds. The van der Waals surface area contributed by atoms with Crippen molar-refractivity contribution in [1.82, 2.24) is 15.1 Å². The van der Waals surface area contributed by atoms with Gasteiger partial charge in [-0.1, -0.05) is 40.8 Å². The van der Waals surface area contributed by atoms with Crippen molar-refractivity contribution < 1.29 is 4.79 Å². The van der Waals surface area contributed by atoms with Crippen LogP contribution in [0.15, 0.2) is 28.6 Å². The third-order valence-electron chi connectivity index (χ3n) is 4.51. The van der Waals surface area contributed by atoms with Crippen LogP contribution >= 0.6 is 23.1 Å². The lowest BCUT2D eigenvalue weighted by Crippen LogP contribution is -2.48. The Balaban J connectivity index is 1.54. The second kappa shape index (κ2) is 8.19. The first-order chi connectivity index (χ1) is 12.0. The fourth-order valence-corrected chi connectivity index (χ4v) is 4.83. The van der Waals surface area contributed by atoms with E-state index in [1.165, 1.54) is 35.1 Å². The number of piperidine rings is 1. The van der Waals surface area contributed by atoms with Gasteiger partial charge in [-0.25, -0.2) is 0 Å². The number of thioether (sulfide) groups is 1. The quantitative estimate of drug-likeness (QED) is 0.780.